The summed E-state index contributed by atoms with van der Waals surface area (Å²) < 4.78 is 5.29. The number of carbonyl (C=O) groups excluding carboxylic acids is 1. The van der Waals surface area contributed by atoms with Gasteiger partial charge in [-0.15, -0.1) is 0 Å². The highest BCUT2D eigenvalue weighted by atomic mass is 16.3. The molecule has 0 radical (unpaired) electrons. The van der Waals surface area contributed by atoms with E-state index in [-0.39, 0.29) is 11.8 Å². The van der Waals surface area contributed by atoms with Crippen molar-refractivity contribution in [2.24, 2.45) is 5.92 Å². The molecule has 0 spiro atoms. The Morgan fingerprint density at radius 1 is 1.63 bits per heavy atom. The first kappa shape index (κ1) is 13.6. The summed E-state index contributed by atoms with van der Waals surface area (Å²) in [7, 11) is 0. The third kappa shape index (κ3) is 3.83. The van der Waals surface area contributed by atoms with Crippen molar-refractivity contribution in [1.82, 2.24) is 10.2 Å². The van der Waals surface area contributed by atoms with E-state index in [4.69, 9.17) is 9.68 Å². The quantitative estimate of drug-likeness (QED) is 0.872. The molecule has 1 saturated heterocycles. The molecule has 2 rings (SSSR count). The maximum atomic E-state index is 12.5. The van der Waals surface area contributed by atoms with Crippen LogP contribution in [0.4, 0.5) is 0 Å². The lowest BCUT2D eigenvalue weighted by Gasteiger charge is -2.28. The van der Waals surface area contributed by atoms with Crippen LogP contribution in [0, 0.1) is 17.2 Å². The molecule has 1 fully saturated rings. The molecule has 102 valence electrons. The van der Waals surface area contributed by atoms with Crippen LogP contribution in [0.1, 0.15) is 25.0 Å². The molecule has 1 amide bonds. The molecule has 5 nitrogen and oxygen atoms in total. The van der Waals surface area contributed by atoms with Gasteiger partial charge in [-0.1, -0.05) is 0 Å². The van der Waals surface area contributed by atoms with Crippen LogP contribution in [-0.2, 0) is 11.3 Å². The van der Waals surface area contributed by atoms with E-state index in [1.165, 1.54) is 0 Å². The fourth-order valence-corrected chi connectivity index (χ4v) is 2.36. The van der Waals surface area contributed by atoms with Gasteiger partial charge in [0.05, 0.1) is 31.2 Å². The number of nitriles is 1. The van der Waals surface area contributed by atoms with E-state index < -0.39 is 0 Å². The maximum absolute atomic E-state index is 12.5. The van der Waals surface area contributed by atoms with Crippen molar-refractivity contribution in [3.8, 4) is 6.07 Å². The molecule has 0 aliphatic carbocycles. The summed E-state index contributed by atoms with van der Waals surface area (Å²) >= 11 is 0. The Morgan fingerprint density at radius 3 is 3.16 bits per heavy atom. The molecule has 1 aliphatic rings. The molecule has 5 heteroatoms. The topological polar surface area (TPSA) is 69.3 Å². The van der Waals surface area contributed by atoms with Crippen molar-refractivity contribution in [2.75, 3.05) is 19.6 Å². The summed E-state index contributed by atoms with van der Waals surface area (Å²) in [5.41, 5.74) is 0. The number of carbonyl (C=O) groups is 1. The van der Waals surface area contributed by atoms with Crippen molar-refractivity contribution in [1.29, 1.82) is 5.26 Å². The third-order valence-corrected chi connectivity index (χ3v) is 3.38. The van der Waals surface area contributed by atoms with Crippen LogP contribution >= 0.6 is 0 Å². The van der Waals surface area contributed by atoms with E-state index in [1.54, 1.807) is 11.2 Å². The standard InChI is InChI=1S/C14H19N3O2/c15-6-3-8-17(11-13-5-2-9-19-13)14(18)12-4-1-7-16-10-12/h2,5,9,12,16H,1,3-4,7-8,10-11H2/t12-/m0/s1. The predicted molar refractivity (Wildman–Crippen MR) is 69.9 cm³/mol. The van der Waals surface area contributed by atoms with Crippen LogP contribution < -0.4 is 5.32 Å². The van der Waals surface area contributed by atoms with Crippen molar-refractivity contribution < 1.29 is 9.21 Å². The second-order valence-corrected chi connectivity index (χ2v) is 4.79. The Kier molecular flexibility index (Phi) is 4.99. The average molecular weight is 261 g/mol. The minimum absolute atomic E-state index is 0.0300. The summed E-state index contributed by atoms with van der Waals surface area (Å²) in [5, 5.41) is 12.0. The second kappa shape index (κ2) is 6.95. The zero-order valence-corrected chi connectivity index (χ0v) is 11.0. The Labute approximate surface area is 113 Å². The number of piperidine rings is 1. The first-order valence-corrected chi connectivity index (χ1v) is 6.70. The molecule has 0 aromatic carbocycles. The van der Waals surface area contributed by atoms with Crippen LogP contribution in [0.2, 0.25) is 0 Å². The fraction of sp³-hybridized carbons (Fsp3) is 0.571. The van der Waals surface area contributed by atoms with E-state index in [0.717, 1.165) is 31.7 Å². The Morgan fingerprint density at radius 2 is 2.53 bits per heavy atom. The highest BCUT2D eigenvalue weighted by molar-refractivity contribution is 5.79. The van der Waals surface area contributed by atoms with Gasteiger partial charge in [0.25, 0.3) is 0 Å². The lowest BCUT2D eigenvalue weighted by atomic mass is 9.98. The van der Waals surface area contributed by atoms with Gasteiger partial charge in [0.2, 0.25) is 5.91 Å². The van der Waals surface area contributed by atoms with Gasteiger partial charge < -0.3 is 14.6 Å². The molecule has 1 aromatic heterocycles. The Hall–Kier alpha value is -1.80. The van der Waals surface area contributed by atoms with Crippen molar-refractivity contribution in [2.45, 2.75) is 25.8 Å². The molecule has 1 atom stereocenters. The molecule has 19 heavy (non-hydrogen) atoms. The van der Waals surface area contributed by atoms with Gasteiger partial charge in [-0.25, -0.2) is 0 Å². The van der Waals surface area contributed by atoms with Gasteiger partial charge in [0.15, 0.2) is 0 Å². The fourth-order valence-electron chi connectivity index (χ4n) is 2.36. The largest absolute Gasteiger partial charge is 0.467 e. The molecular formula is C14H19N3O2. The number of hydrogen-bond acceptors (Lipinski definition) is 4. The Balaban J connectivity index is 1.99. The van der Waals surface area contributed by atoms with Crippen LogP contribution in [0.3, 0.4) is 0 Å². The maximum Gasteiger partial charge on any atom is 0.227 e. The van der Waals surface area contributed by atoms with E-state index in [1.807, 2.05) is 12.1 Å². The van der Waals surface area contributed by atoms with E-state index in [0.29, 0.717) is 19.5 Å². The number of furan rings is 1. The third-order valence-electron chi connectivity index (χ3n) is 3.38. The number of hydrogen-bond donors (Lipinski definition) is 1. The number of nitrogens with one attached hydrogen (secondary N) is 1. The van der Waals surface area contributed by atoms with Gasteiger partial charge in [0, 0.05) is 13.1 Å². The summed E-state index contributed by atoms with van der Waals surface area (Å²) in [5.74, 6) is 0.913. The first-order valence-electron chi connectivity index (χ1n) is 6.70. The summed E-state index contributed by atoms with van der Waals surface area (Å²) in [6, 6.07) is 5.76. The molecule has 1 N–H and O–H groups in total. The highest BCUT2D eigenvalue weighted by Crippen LogP contribution is 2.16. The van der Waals surface area contributed by atoms with Crippen LogP contribution in [0.15, 0.2) is 22.8 Å². The summed E-state index contributed by atoms with van der Waals surface area (Å²) in [4.78, 5) is 14.2. The molecule has 2 heterocycles. The normalized spacial score (nSPS) is 18.8. The van der Waals surface area contributed by atoms with Crippen LogP contribution in [0.5, 0.6) is 0 Å². The molecule has 1 aromatic rings. The second-order valence-electron chi connectivity index (χ2n) is 4.79. The zero-order chi connectivity index (χ0) is 13.5. The smallest absolute Gasteiger partial charge is 0.227 e. The van der Waals surface area contributed by atoms with Crippen LogP contribution in [0.25, 0.3) is 0 Å². The van der Waals surface area contributed by atoms with Gasteiger partial charge in [-0.05, 0) is 31.5 Å². The van der Waals surface area contributed by atoms with E-state index >= 15 is 0 Å². The average Bonchev–Trinajstić information content (AvgIpc) is 2.96. The van der Waals surface area contributed by atoms with Gasteiger partial charge in [0.1, 0.15) is 5.76 Å². The van der Waals surface area contributed by atoms with E-state index in [2.05, 4.69) is 11.4 Å². The van der Waals surface area contributed by atoms with Gasteiger partial charge in [-0.2, -0.15) is 5.26 Å². The number of amides is 1. The Bertz CT molecular complexity index is 430. The minimum Gasteiger partial charge on any atom is -0.467 e. The van der Waals surface area contributed by atoms with Crippen molar-refractivity contribution in [3.63, 3.8) is 0 Å². The lowest BCUT2D eigenvalue weighted by molar-refractivity contribution is -0.136. The number of nitrogens with zero attached hydrogens (tertiary/aromatic N) is 2. The zero-order valence-electron chi connectivity index (χ0n) is 11.0. The molecule has 1 aliphatic heterocycles. The molecule has 0 bridgehead atoms. The van der Waals surface area contributed by atoms with Crippen molar-refractivity contribution in [3.05, 3.63) is 24.2 Å². The predicted octanol–water partition coefficient (Wildman–Crippen LogP) is 1.52. The molecule has 0 saturated carbocycles. The molecular weight excluding hydrogens is 242 g/mol. The highest BCUT2D eigenvalue weighted by Gasteiger charge is 2.26. The van der Waals surface area contributed by atoms with Crippen molar-refractivity contribution >= 4 is 5.91 Å². The van der Waals surface area contributed by atoms with E-state index in [9.17, 15) is 4.79 Å². The number of rotatable bonds is 5. The summed E-state index contributed by atoms with van der Waals surface area (Å²) in [6.45, 7) is 2.64. The lowest BCUT2D eigenvalue weighted by Crippen LogP contribution is -2.43. The van der Waals surface area contributed by atoms with Crippen LogP contribution in [-0.4, -0.2) is 30.4 Å². The molecule has 0 unspecified atom stereocenters. The minimum atomic E-state index is 0.0300. The first-order chi connectivity index (χ1) is 9.31. The SMILES string of the molecule is N#CCCN(Cc1ccco1)C(=O)[C@H]1CCCNC1. The monoisotopic (exact) mass is 261 g/mol. The van der Waals surface area contributed by atoms with Gasteiger partial charge >= 0.3 is 0 Å². The van der Waals surface area contributed by atoms with Gasteiger partial charge in [-0.3, -0.25) is 4.79 Å². The summed E-state index contributed by atoms with van der Waals surface area (Å²) in [6.07, 6.45) is 3.91.